The molecule has 0 saturated heterocycles. The van der Waals surface area contributed by atoms with Crippen LogP contribution in [-0.4, -0.2) is 30.4 Å². The molecule has 0 aromatic heterocycles. The van der Waals surface area contributed by atoms with Crippen molar-refractivity contribution in [1.82, 2.24) is 10.2 Å². The standard InChI is InChI=1S/C18H21N3O2/c1-21(12-11-17(22)20-18(19)23)13-15-9-5-6-10-16(15)14-7-3-2-4-8-14/h2-10H,11-13H2,1H3,(H3,19,20,22,23). The molecule has 2 rings (SSSR count). The summed E-state index contributed by atoms with van der Waals surface area (Å²) in [7, 11) is 1.94. The maximum Gasteiger partial charge on any atom is 0.318 e. The fraction of sp³-hybridized carbons (Fsp3) is 0.222. The highest BCUT2D eigenvalue weighted by atomic mass is 16.2. The molecule has 0 bridgehead atoms. The number of rotatable bonds is 6. The number of nitrogens with one attached hydrogen (secondary N) is 1. The number of hydrogen-bond acceptors (Lipinski definition) is 3. The maximum absolute atomic E-state index is 11.5. The molecule has 0 aliphatic carbocycles. The first kappa shape index (κ1) is 16.7. The van der Waals surface area contributed by atoms with E-state index in [1.165, 1.54) is 16.7 Å². The van der Waals surface area contributed by atoms with Gasteiger partial charge in [0.15, 0.2) is 0 Å². The number of imide groups is 1. The first-order valence-electron chi connectivity index (χ1n) is 7.47. The molecular formula is C18H21N3O2. The monoisotopic (exact) mass is 311 g/mol. The molecule has 3 N–H and O–H groups in total. The maximum atomic E-state index is 11.5. The zero-order chi connectivity index (χ0) is 16.7. The molecule has 0 radical (unpaired) electrons. The molecular weight excluding hydrogens is 290 g/mol. The predicted octanol–water partition coefficient (Wildman–Crippen LogP) is 2.37. The minimum atomic E-state index is -0.813. The Labute approximate surface area is 136 Å². The number of urea groups is 1. The van der Waals surface area contributed by atoms with Crippen molar-refractivity contribution in [2.45, 2.75) is 13.0 Å². The lowest BCUT2D eigenvalue weighted by Gasteiger charge is -2.18. The van der Waals surface area contributed by atoms with Gasteiger partial charge in [-0.25, -0.2) is 4.79 Å². The molecule has 2 aromatic rings. The number of nitrogens with two attached hydrogens (primary N) is 1. The van der Waals surface area contributed by atoms with Gasteiger partial charge in [0.25, 0.3) is 0 Å². The highest BCUT2D eigenvalue weighted by Crippen LogP contribution is 2.24. The van der Waals surface area contributed by atoms with Crippen LogP contribution < -0.4 is 11.1 Å². The first-order valence-corrected chi connectivity index (χ1v) is 7.47. The summed E-state index contributed by atoms with van der Waals surface area (Å²) in [5.74, 6) is -0.360. The molecule has 0 spiro atoms. The van der Waals surface area contributed by atoms with Crippen LogP contribution in [0.3, 0.4) is 0 Å². The van der Waals surface area contributed by atoms with Gasteiger partial charge in [0.1, 0.15) is 0 Å². The lowest BCUT2D eigenvalue weighted by molar-refractivity contribution is -0.120. The third kappa shape index (κ3) is 5.23. The van der Waals surface area contributed by atoms with Gasteiger partial charge in [-0.2, -0.15) is 0 Å². The van der Waals surface area contributed by atoms with E-state index in [-0.39, 0.29) is 12.3 Å². The number of carbonyl (C=O) groups excluding carboxylic acids is 2. The molecule has 5 heteroatoms. The van der Waals surface area contributed by atoms with Crippen LogP contribution >= 0.6 is 0 Å². The van der Waals surface area contributed by atoms with Crippen molar-refractivity contribution in [3.63, 3.8) is 0 Å². The summed E-state index contributed by atoms with van der Waals surface area (Å²) in [6.45, 7) is 1.26. The van der Waals surface area contributed by atoms with Gasteiger partial charge in [-0.3, -0.25) is 10.1 Å². The van der Waals surface area contributed by atoms with Crippen LogP contribution in [0.15, 0.2) is 54.6 Å². The summed E-state index contributed by atoms with van der Waals surface area (Å²) in [6.07, 6.45) is 0.229. The fourth-order valence-corrected chi connectivity index (χ4v) is 2.42. The quantitative estimate of drug-likeness (QED) is 0.860. The zero-order valence-corrected chi connectivity index (χ0v) is 13.2. The average Bonchev–Trinajstić information content (AvgIpc) is 2.54. The van der Waals surface area contributed by atoms with Crippen LogP contribution in [0.4, 0.5) is 4.79 Å². The second kappa shape index (κ2) is 8.10. The molecule has 0 heterocycles. The van der Waals surface area contributed by atoms with E-state index in [1.54, 1.807) is 0 Å². The van der Waals surface area contributed by atoms with Crippen molar-refractivity contribution in [1.29, 1.82) is 0 Å². The first-order chi connectivity index (χ1) is 11.1. The van der Waals surface area contributed by atoms with Gasteiger partial charge in [-0.05, 0) is 23.7 Å². The summed E-state index contributed by atoms with van der Waals surface area (Å²) in [5.41, 5.74) is 8.47. The van der Waals surface area contributed by atoms with Crippen molar-refractivity contribution < 1.29 is 9.59 Å². The van der Waals surface area contributed by atoms with Gasteiger partial charge in [0.05, 0.1) is 0 Å². The van der Waals surface area contributed by atoms with Crippen molar-refractivity contribution in [2.75, 3.05) is 13.6 Å². The van der Waals surface area contributed by atoms with E-state index in [9.17, 15) is 9.59 Å². The highest BCUT2D eigenvalue weighted by Gasteiger charge is 2.09. The molecule has 23 heavy (non-hydrogen) atoms. The van der Waals surface area contributed by atoms with Gasteiger partial charge in [0, 0.05) is 19.5 Å². The van der Waals surface area contributed by atoms with Crippen molar-refractivity contribution in [3.05, 3.63) is 60.2 Å². The van der Waals surface area contributed by atoms with Gasteiger partial charge in [-0.15, -0.1) is 0 Å². The Morgan fingerprint density at radius 3 is 2.39 bits per heavy atom. The zero-order valence-electron chi connectivity index (χ0n) is 13.2. The van der Waals surface area contributed by atoms with Crippen molar-refractivity contribution in [2.24, 2.45) is 5.73 Å². The van der Waals surface area contributed by atoms with E-state index in [2.05, 4.69) is 29.6 Å². The summed E-state index contributed by atoms with van der Waals surface area (Å²) >= 11 is 0. The summed E-state index contributed by atoms with van der Waals surface area (Å²) in [4.78, 5) is 24.1. The molecule has 0 atom stereocenters. The van der Waals surface area contributed by atoms with Crippen LogP contribution in [0, 0.1) is 0 Å². The third-order valence-corrected chi connectivity index (χ3v) is 3.53. The Morgan fingerprint density at radius 1 is 1.04 bits per heavy atom. The second-order valence-corrected chi connectivity index (χ2v) is 5.42. The van der Waals surface area contributed by atoms with E-state index >= 15 is 0 Å². The van der Waals surface area contributed by atoms with Crippen LogP contribution in [0.5, 0.6) is 0 Å². The largest absolute Gasteiger partial charge is 0.351 e. The van der Waals surface area contributed by atoms with E-state index in [1.807, 2.05) is 42.3 Å². The topological polar surface area (TPSA) is 75.4 Å². The number of benzene rings is 2. The molecule has 3 amide bonds. The van der Waals surface area contributed by atoms with Gasteiger partial charge in [0.2, 0.25) is 5.91 Å². The summed E-state index contributed by atoms with van der Waals surface area (Å²) in [5, 5.41) is 2.07. The highest BCUT2D eigenvalue weighted by molar-refractivity contribution is 5.93. The van der Waals surface area contributed by atoms with E-state index in [0.29, 0.717) is 6.54 Å². The third-order valence-electron chi connectivity index (χ3n) is 3.53. The minimum absolute atomic E-state index is 0.229. The molecule has 0 saturated carbocycles. The lowest BCUT2D eigenvalue weighted by atomic mass is 9.99. The number of carbonyl (C=O) groups is 2. The van der Waals surface area contributed by atoms with Crippen LogP contribution in [0.1, 0.15) is 12.0 Å². The molecule has 0 fully saturated rings. The van der Waals surface area contributed by atoms with E-state index in [0.717, 1.165) is 6.54 Å². The lowest BCUT2D eigenvalue weighted by Crippen LogP contribution is -2.36. The SMILES string of the molecule is CN(CCC(=O)NC(N)=O)Cc1ccccc1-c1ccccc1. The van der Waals surface area contributed by atoms with Gasteiger partial charge >= 0.3 is 6.03 Å². The Hall–Kier alpha value is -2.66. The molecule has 0 aliphatic heterocycles. The number of hydrogen-bond donors (Lipinski definition) is 2. The van der Waals surface area contributed by atoms with Crippen molar-refractivity contribution >= 4 is 11.9 Å². The molecule has 2 aromatic carbocycles. The predicted molar refractivity (Wildman–Crippen MR) is 90.6 cm³/mol. The molecule has 0 unspecified atom stereocenters. The van der Waals surface area contributed by atoms with Crippen molar-refractivity contribution in [3.8, 4) is 11.1 Å². The normalized spacial score (nSPS) is 10.5. The Kier molecular flexibility index (Phi) is 5.88. The molecule has 0 aliphatic rings. The number of amides is 3. The molecule has 5 nitrogen and oxygen atoms in total. The second-order valence-electron chi connectivity index (χ2n) is 5.42. The average molecular weight is 311 g/mol. The Morgan fingerprint density at radius 2 is 1.70 bits per heavy atom. The Bertz CT molecular complexity index is 671. The van der Waals surface area contributed by atoms with E-state index in [4.69, 9.17) is 5.73 Å². The van der Waals surface area contributed by atoms with Gasteiger partial charge in [-0.1, -0.05) is 54.6 Å². The summed E-state index contributed by atoms with van der Waals surface area (Å²) < 4.78 is 0. The smallest absolute Gasteiger partial charge is 0.318 e. The minimum Gasteiger partial charge on any atom is -0.351 e. The number of nitrogens with zero attached hydrogens (tertiary/aromatic N) is 1. The van der Waals surface area contributed by atoms with Crippen LogP contribution in [-0.2, 0) is 11.3 Å². The fourth-order valence-electron chi connectivity index (χ4n) is 2.42. The van der Waals surface area contributed by atoms with Crippen LogP contribution in [0.25, 0.3) is 11.1 Å². The number of primary amides is 1. The van der Waals surface area contributed by atoms with Gasteiger partial charge < -0.3 is 10.6 Å². The summed E-state index contributed by atoms with van der Waals surface area (Å²) in [6, 6.07) is 17.6. The van der Waals surface area contributed by atoms with Crippen LogP contribution in [0.2, 0.25) is 0 Å². The van der Waals surface area contributed by atoms with E-state index < -0.39 is 6.03 Å². The Balaban J connectivity index is 2.00. The molecule has 120 valence electrons.